The van der Waals surface area contributed by atoms with Crippen molar-refractivity contribution in [3.8, 4) is 5.75 Å². The van der Waals surface area contributed by atoms with Gasteiger partial charge in [-0.1, -0.05) is 24.4 Å². The van der Waals surface area contributed by atoms with E-state index >= 15 is 0 Å². The third-order valence-electron chi connectivity index (χ3n) is 3.72. The maximum absolute atomic E-state index is 11.8. The molecule has 0 aliphatic rings. The number of carbonyl (C=O) groups excluding carboxylic acids is 1. The molecule has 3 N–H and O–H groups in total. The second-order valence-electron chi connectivity index (χ2n) is 5.92. The van der Waals surface area contributed by atoms with Crippen molar-refractivity contribution in [1.82, 2.24) is 10.8 Å². The highest BCUT2D eigenvalue weighted by molar-refractivity contribution is 7.80. The molecule has 0 saturated carbocycles. The number of carbonyl (C=O) groups is 1. The van der Waals surface area contributed by atoms with Gasteiger partial charge in [-0.2, -0.15) is 0 Å². The van der Waals surface area contributed by atoms with Gasteiger partial charge in [0.25, 0.3) is 0 Å². The smallest absolute Gasteiger partial charge is 0.244 e. The normalized spacial score (nSPS) is 10.5. The van der Waals surface area contributed by atoms with E-state index in [4.69, 9.17) is 22.2 Å². The van der Waals surface area contributed by atoms with Gasteiger partial charge >= 0.3 is 0 Å². The summed E-state index contributed by atoms with van der Waals surface area (Å²) >= 11 is 4.92. The van der Waals surface area contributed by atoms with Crippen molar-refractivity contribution in [2.24, 2.45) is 0 Å². The molecule has 0 radical (unpaired) electrons. The highest BCUT2D eigenvalue weighted by Crippen LogP contribution is 2.13. The molecular weight excluding hydrogens is 362 g/mol. The topological polar surface area (TPSA) is 73.8 Å². The second-order valence-corrected chi connectivity index (χ2v) is 6.33. The Morgan fingerprint density at radius 2 is 1.81 bits per heavy atom. The van der Waals surface area contributed by atoms with Gasteiger partial charge in [0.05, 0.1) is 6.54 Å². The standard InChI is InChI=1S/C20H23N3O3S/c1-23(2)17-8-3-15(4-9-17)5-12-19(24)21-13-14-26-18-10-6-16(7-11-18)20(27)22-25/h3-12,25H,13-14H2,1-2H3,(H,21,24)(H,22,27)/b12-5+. The summed E-state index contributed by atoms with van der Waals surface area (Å²) in [6.07, 6.45) is 3.27. The predicted molar refractivity (Wildman–Crippen MR) is 111 cm³/mol. The molecule has 0 heterocycles. The van der Waals surface area contributed by atoms with E-state index in [1.54, 1.807) is 30.3 Å². The lowest BCUT2D eigenvalue weighted by molar-refractivity contribution is -0.116. The fraction of sp³-hybridized carbons (Fsp3) is 0.200. The van der Waals surface area contributed by atoms with Crippen molar-refractivity contribution in [3.05, 3.63) is 65.7 Å². The van der Waals surface area contributed by atoms with Gasteiger partial charge in [-0.3, -0.25) is 15.5 Å². The van der Waals surface area contributed by atoms with Crippen molar-refractivity contribution >= 4 is 34.9 Å². The highest BCUT2D eigenvalue weighted by Gasteiger charge is 2.01. The van der Waals surface area contributed by atoms with Crippen LogP contribution in [0.25, 0.3) is 6.08 Å². The van der Waals surface area contributed by atoms with Crippen LogP contribution in [0.1, 0.15) is 11.1 Å². The first-order chi connectivity index (χ1) is 13.0. The van der Waals surface area contributed by atoms with E-state index in [0.29, 0.717) is 24.5 Å². The maximum atomic E-state index is 11.8. The van der Waals surface area contributed by atoms with E-state index in [9.17, 15) is 4.79 Å². The summed E-state index contributed by atoms with van der Waals surface area (Å²) in [4.78, 5) is 14.1. The van der Waals surface area contributed by atoms with Crippen LogP contribution in [0.3, 0.4) is 0 Å². The number of amides is 1. The van der Waals surface area contributed by atoms with Crippen molar-refractivity contribution in [2.45, 2.75) is 0 Å². The summed E-state index contributed by atoms with van der Waals surface area (Å²) in [7, 11) is 3.96. The molecule has 2 rings (SSSR count). The molecule has 0 aromatic heterocycles. The molecule has 27 heavy (non-hydrogen) atoms. The number of ether oxygens (including phenoxy) is 1. The van der Waals surface area contributed by atoms with E-state index in [1.165, 1.54) is 6.08 Å². The van der Waals surface area contributed by atoms with Gasteiger partial charge in [0.2, 0.25) is 5.91 Å². The third kappa shape index (κ3) is 6.73. The van der Waals surface area contributed by atoms with Gasteiger partial charge in [-0.15, -0.1) is 0 Å². The van der Waals surface area contributed by atoms with Crippen LogP contribution in [0, 0.1) is 0 Å². The lowest BCUT2D eigenvalue weighted by atomic mass is 10.2. The number of nitrogens with zero attached hydrogens (tertiary/aromatic N) is 1. The minimum absolute atomic E-state index is 0.176. The molecule has 7 heteroatoms. The fourth-order valence-corrected chi connectivity index (χ4v) is 2.36. The lowest BCUT2D eigenvalue weighted by Crippen LogP contribution is -2.26. The molecule has 2 aromatic rings. The van der Waals surface area contributed by atoms with Gasteiger partial charge in [-0.25, -0.2) is 0 Å². The number of hydrogen-bond donors (Lipinski definition) is 3. The summed E-state index contributed by atoms with van der Waals surface area (Å²) in [5.41, 5.74) is 4.69. The molecule has 0 fully saturated rings. The molecule has 0 saturated heterocycles. The summed E-state index contributed by atoms with van der Waals surface area (Å²) in [5, 5.41) is 11.5. The van der Waals surface area contributed by atoms with Crippen molar-refractivity contribution < 1.29 is 14.7 Å². The van der Waals surface area contributed by atoms with E-state index in [-0.39, 0.29) is 10.9 Å². The fourth-order valence-electron chi connectivity index (χ4n) is 2.22. The number of anilines is 1. The van der Waals surface area contributed by atoms with Gasteiger partial charge in [0.15, 0.2) is 0 Å². The number of rotatable bonds is 8. The first kappa shape index (κ1) is 20.4. The van der Waals surface area contributed by atoms with E-state index in [1.807, 2.05) is 48.7 Å². The van der Waals surface area contributed by atoms with Crippen molar-refractivity contribution in [1.29, 1.82) is 0 Å². The van der Waals surface area contributed by atoms with Gasteiger partial charge in [0, 0.05) is 31.4 Å². The Morgan fingerprint density at radius 1 is 1.15 bits per heavy atom. The van der Waals surface area contributed by atoms with Crippen LogP contribution >= 0.6 is 12.2 Å². The average molecular weight is 385 g/mol. The number of hydroxylamine groups is 1. The summed E-state index contributed by atoms with van der Waals surface area (Å²) in [6, 6.07) is 14.9. The monoisotopic (exact) mass is 385 g/mol. The number of nitrogens with one attached hydrogen (secondary N) is 2. The Bertz CT molecular complexity index is 787. The Kier molecular flexibility index (Phi) is 7.79. The van der Waals surface area contributed by atoms with Crippen LogP contribution in [0.15, 0.2) is 54.6 Å². The first-order valence-corrected chi connectivity index (χ1v) is 8.81. The number of benzene rings is 2. The number of hydrogen-bond acceptors (Lipinski definition) is 5. The Hall–Kier alpha value is -2.90. The van der Waals surface area contributed by atoms with E-state index < -0.39 is 0 Å². The van der Waals surface area contributed by atoms with Crippen LogP contribution in [0.2, 0.25) is 0 Å². The maximum Gasteiger partial charge on any atom is 0.244 e. The van der Waals surface area contributed by atoms with Crippen LogP contribution in [-0.4, -0.2) is 43.3 Å². The van der Waals surface area contributed by atoms with E-state index in [2.05, 4.69) is 5.32 Å². The molecule has 0 bridgehead atoms. The summed E-state index contributed by atoms with van der Waals surface area (Å²) < 4.78 is 5.55. The zero-order valence-electron chi connectivity index (χ0n) is 15.3. The van der Waals surface area contributed by atoms with Gasteiger partial charge < -0.3 is 15.0 Å². The molecule has 0 aliphatic carbocycles. The zero-order chi connectivity index (χ0) is 19.6. The van der Waals surface area contributed by atoms with Crippen molar-refractivity contribution in [2.75, 3.05) is 32.1 Å². The van der Waals surface area contributed by atoms with Crippen LogP contribution < -0.4 is 20.4 Å². The summed E-state index contributed by atoms with van der Waals surface area (Å²) in [5.74, 6) is 0.482. The lowest BCUT2D eigenvalue weighted by Gasteiger charge is -2.11. The van der Waals surface area contributed by atoms with Crippen LogP contribution in [-0.2, 0) is 4.79 Å². The minimum Gasteiger partial charge on any atom is -0.492 e. The Morgan fingerprint density at radius 3 is 2.41 bits per heavy atom. The highest BCUT2D eigenvalue weighted by atomic mass is 32.1. The SMILES string of the molecule is CN(C)c1ccc(/C=C/C(=O)NCCOc2ccc(C(=S)NO)cc2)cc1. The molecule has 6 nitrogen and oxygen atoms in total. The molecule has 2 aromatic carbocycles. The molecule has 142 valence electrons. The zero-order valence-corrected chi connectivity index (χ0v) is 16.1. The van der Waals surface area contributed by atoms with Crippen LogP contribution in [0.5, 0.6) is 5.75 Å². The Labute approximate surface area is 164 Å². The minimum atomic E-state index is -0.176. The van der Waals surface area contributed by atoms with Crippen LogP contribution in [0.4, 0.5) is 5.69 Å². The molecule has 0 unspecified atom stereocenters. The largest absolute Gasteiger partial charge is 0.492 e. The molecule has 1 amide bonds. The quantitative estimate of drug-likeness (QED) is 0.281. The number of thiocarbonyl (C=S) groups is 1. The van der Waals surface area contributed by atoms with Crippen molar-refractivity contribution in [3.63, 3.8) is 0 Å². The van der Waals surface area contributed by atoms with Gasteiger partial charge in [0.1, 0.15) is 17.3 Å². The molecule has 0 atom stereocenters. The first-order valence-electron chi connectivity index (χ1n) is 8.40. The predicted octanol–water partition coefficient (Wildman–Crippen LogP) is 2.62. The molecule has 0 aliphatic heterocycles. The third-order valence-corrected chi connectivity index (χ3v) is 4.05. The average Bonchev–Trinajstić information content (AvgIpc) is 2.69. The second kappa shape index (κ2) is 10.3. The molecule has 0 spiro atoms. The van der Waals surface area contributed by atoms with E-state index in [0.717, 1.165) is 11.3 Å². The Balaban J connectivity index is 1.72. The molecular formula is C20H23N3O3S. The van der Waals surface area contributed by atoms with Gasteiger partial charge in [-0.05, 0) is 48.0 Å². The summed E-state index contributed by atoms with van der Waals surface area (Å²) in [6.45, 7) is 0.736.